The van der Waals surface area contributed by atoms with Crippen molar-refractivity contribution in [1.29, 1.82) is 0 Å². The monoisotopic (exact) mass is 207 g/mol. The molecule has 0 saturated heterocycles. The molecule has 5 heteroatoms. The Morgan fingerprint density at radius 3 is 3.00 bits per heavy atom. The van der Waals surface area contributed by atoms with Crippen LogP contribution in [0.5, 0.6) is 0 Å². The molecule has 0 aliphatic heterocycles. The summed E-state index contributed by atoms with van der Waals surface area (Å²) in [5.74, 6) is 2.03. The maximum absolute atomic E-state index is 5.18. The Morgan fingerprint density at radius 1 is 1.47 bits per heavy atom. The molecule has 0 unspecified atom stereocenters. The minimum absolute atomic E-state index is 0.590. The van der Waals surface area contributed by atoms with Gasteiger partial charge in [-0.15, -0.1) is 0 Å². The highest BCUT2D eigenvalue weighted by molar-refractivity contribution is 5.55. The van der Waals surface area contributed by atoms with Crippen LogP contribution >= 0.6 is 0 Å². The quantitative estimate of drug-likeness (QED) is 0.821. The van der Waals surface area contributed by atoms with Gasteiger partial charge in [-0.25, -0.2) is 0 Å². The highest BCUT2D eigenvalue weighted by atomic mass is 16.5. The van der Waals surface area contributed by atoms with E-state index in [1.54, 1.807) is 6.26 Å². The molecule has 0 bridgehead atoms. The Labute approximate surface area is 87.5 Å². The van der Waals surface area contributed by atoms with E-state index in [0.29, 0.717) is 11.7 Å². The molecule has 2 heterocycles. The van der Waals surface area contributed by atoms with Gasteiger partial charge in [0.05, 0.1) is 11.8 Å². The fourth-order valence-corrected chi connectivity index (χ4v) is 1.31. The fraction of sp³-hybridized carbons (Fsp3) is 0.400. The Bertz CT molecular complexity index is 433. The summed E-state index contributed by atoms with van der Waals surface area (Å²) < 4.78 is 10.3. The van der Waals surface area contributed by atoms with Gasteiger partial charge < -0.3 is 14.3 Å². The average Bonchev–Trinajstić information content (AvgIpc) is 2.83. The number of hydrogen-bond acceptors (Lipinski definition) is 5. The first kappa shape index (κ1) is 9.92. The molecular formula is C10H13N3O2. The molecule has 2 rings (SSSR count). The summed E-state index contributed by atoms with van der Waals surface area (Å²) in [5, 5.41) is 6.92. The largest absolute Gasteiger partial charge is 0.469 e. The van der Waals surface area contributed by atoms with Crippen LogP contribution in [0.25, 0.3) is 11.4 Å². The van der Waals surface area contributed by atoms with Crippen LogP contribution in [0.2, 0.25) is 0 Å². The van der Waals surface area contributed by atoms with Gasteiger partial charge in [0.15, 0.2) is 0 Å². The molecule has 0 amide bonds. The van der Waals surface area contributed by atoms with Gasteiger partial charge in [0.25, 0.3) is 0 Å². The molecule has 15 heavy (non-hydrogen) atoms. The number of nitrogens with one attached hydrogen (secondary N) is 1. The molecule has 0 saturated carbocycles. The minimum atomic E-state index is 0.590. The van der Waals surface area contributed by atoms with Crippen LogP contribution in [0.3, 0.4) is 0 Å². The molecule has 0 aromatic carbocycles. The van der Waals surface area contributed by atoms with Crippen molar-refractivity contribution in [3.63, 3.8) is 0 Å². The van der Waals surface area contributed by atoms with Gasteiger partial charge in [-0.1, -0.05) is 5.16 Å². The number of furan rings is 1. The lowest BCUT2D eigenvalue weighted by Crippen LogP contribution is -2.10. The van der Waals surface area contributed by atoms with Crippen molar-refractivity contribution in [2.75, 3.05) is 13.6 Å². The van der Waals surface area contributed by atoms with E-state index in [-0.39, 0.29) is 0 Å². The predicted octanol–water partition coefficient (Wildman–Crippen LogP) is 1.40. The zero-order valence-electron chi connectivity index (χ0n) is 8.78. The van der Waals surface area contributed by atoms with Crippen LogP contribution in [0.15, 0.2) is 21.3 Å². The standard InChI is InChI=1S/C10H13N3O2/c1-7-8(4-6-14-7)10-12-9(15-13-10)3-5-11-2/h4,6,11H,3,5H2,1-2H3. The van der Waals surface area contributed by atoms with Crippen molar-refractivity contribution in [2.45, 2.75) is 13.3 Å². The van der Waals surface area contributed by atoms with E-state index in [2.05, 4.69) is 15.5 Å². The van der Waals surface area contributed by atoms with Crippen LogP contribution in [0, 0.1) is 6.92 Å². The van der Waals surface area contributed by atoms with Crippen molar-refractivity contribution < 1.29 is 8.94 Å². The third kappa shape index (κ3) is 2.07. The van der Waals surface area contributed by atoms with E-state index in [1.165, 1.54) is 0 Å². The van der Waals surface area contributed by atoms with E-state index in [0.717, 1.165) is 24.3 Å². The minimum Gasteiger partial charge on any atom is -0.469 e. The number of aromatic nitrogens is 2. The summed E-state index contributed by atoms with van der Waals surface area (Å²) in [5.41, 5.74) is 0.884. The maximum Gasteiger partial charge on any atom is 0.228 e. The molecule has 5 nitrogen and oxygen atoms in total. The predicted molar refractivity (Wildman–Crippen MR) is 54.4 cm³/mol. The van der Waals surface area contributed by atoms with Crippen molar-refractivity contribution in [3.05, 3.63) is 24.0 Å². The third-order valence-corrected chi connectivity index (χ3v) is 2.16. The third-order valence-electron chi connectivity index (χ3n) is 2.16. The molecular weight excluding hydrogens is 194 g/mol. The first-order chi connectivity index (χ1) is 7.31. The molecule has 2 aromatic heterocycles. The lowest BCUT2D eigenvalue weighted by atomic mass is 10.2. The number of nitrogens with zero attached hydrogens (tertiary/aromatic N) is 2. The zero-order valence-corrected chi connectivity index (χ0v) is 8.78. The fourth-order valence-electron chi connectivity index (χ4n) is 1.31. The van der Waals surface area contributed by atoms with Crippen molar-refractivity contribution in [1.82, 2.24) is 15.5 Å². The second-order valence-electron chi connectivity index (χ2n) is 3.26. The molecule has 1 N–H and O–H groups in total. The van der Waals surface area contributed by atoms with Gasteiger partial charge in [-0.05, 0) is 20.0 Å². The molecule has 0 aliphatic carbocycles. The molecule has 80 valence electrons. The second kappa shape index (κ2) is 4.27. The van der Waals surface area contributed by atoms with Crippen LogP contribution in [0.4, 0.5) is 0 Å². The summed E-state index contributed by atoms with van der Waals surface area (Å²) in [6.45, 7) is 2.70. The van der Waals surface area contributed by atoms with E-state index in [1.807, 2.05) is 20.0 Å². The Hall–Kier alpha value is -1.62. The smallest absolute Gasteiger partial charge is 0.228 e. The average molecular weight is 207 g/mol. The maximum atomic E-state index is 5.18. The topological polar surface area (TPSA) is 64.1 Å². The number of likely N-dealkylation sites (N-methyl/N-ethyl adjacent to an activating group) is 1. The first-order valence-electron chi connectivity index (χ1n) is 4.83. The Balaban J connectivity index is 2.17. The highest BCUT2D eigenvalue weighted by Crippen LogP contribution is 2.20. The van der Waals surface area contributed by atoms with Gasteiger partial charge >= 0.3 is 0 Å². The van der Waals surface area contributed by atoms with Gasteiger partial charge in [-0.3, -0.25) is 0 Å². The molecule has 0 aliphatic rings. The van der Waals surface area contributed by atoms with Crippen LogP contribution in [-0.2, 0) is 6.42 Å². The van der Waals surface area contributed by atoms with Crippen molar-refractivity contribution >= 4 is 0 Å². The van der Waals surface area contributed by atoms with Gasteiger partial charge in [0, 0.05) is 13.0 Å². The van der Waals surface area contributed by atoms with E-state index in [4.69, 9.17) is 8.94 Å². The van der Waals surface area contributed by atoms with E-state index >= 15 is 0 Å². The van der Waals surface area contributed by atoms with Crippen LogP contribution < -0.4 is 5.32 Å². The number of hydrogen-bond donors (Lipinski definition) is 1. The molecule has 0 spiro atoms. The first-order valence-corrected chi connectivity index (χ1v) is 4.83. The van der Waals surface area contributed by atoms with Crippen LogP contribution in [0.1, 0.15) is 11.7 Å². The molecule has 0 atom stereocenters. The zero-order chi connectivity index (χ0) is 10.7. The highest BCUT2D eigenvalue weighted by Gasteiger charge is 2.11. The lowest BCUT2D eigenvalue weighted by molar-refractivity contribution is 0.377. The summed E-state index contributed by atoms with van der Waals surface area (Å²) in [7, 11) is 1.89. The number of rotatable bonds is 4. The van der Waals surface area contributed by atoms with E-state index in [9.17, 15) is 0 Å². The Kier molecular flexibility index (Phi) is 2.82. The molecule has 0 radical (unpaired) electrons. The summed E-state index contributed by atoms with van der Waals surface area (Å²) in [6.07, 6.45) is 2.36. The summed E-state index contributed by atoms with van der Waals surface area (Å²) in [6, 6.07) is 1.84. The van der Waals surface area contributed by atoms with Gasteiger partial charge in [0.2, 0.25) is 11.7 Å². The molecule has 0 fully saturated rings. The van der Waals surface area contributed by atoms with Crippen molar-refractivity contribution in [2.24, 2.45) is 0 Å². The van der Waals surface area contributed by atoms with Crippen LogP contribution in [-0.4, -0.2) is 23.7 Å². The number of aryl methyl sites for hydroxylation is 1. The normalized spacial score (nSPS) is 10.8. The second-order valence-corrected chi connectivity index (χ2v) is 3.26. The van der Waals surface area contributed by atoms with Gasteiger partial charge in [0.1, 0.15) is 5.76 Å². The van der Waals surface area contributed by atoms with Crippen molar-refractivity contribution in [3.8, 4) is 11.4 Å². The van der Waals surface area contributed by atoms with Gasteiger partial charge in [-0.2, -0.15) is 4.98 Å². The summed E-state index contributed by atoms with van der Waals surface area (Å²) in [4.78, 5) is 4.27. The Morgan fingerprint density at radius 2 is 2.33 bits per heavy atom. The molecule has 2 aromatic rings. The summed E-state index contributed by atoms with van der Waals surface area (Å²) >= 11 is 0. The van der Waals surface area contributed by atoms with E-state index < -0.39 is 0 Å². The lowest BCUT2D eigenvalue weighted by Gasteiger charge is -1.91. The SMILES string of the molecule is CNCCc1nc(-c2ccoc2C)no1.